The summed E-state index contributed by atoms with van der Waals surface area (Å²) >= 11 is 0. The second-order valence-electron chi connectivity index (χ2n) is 17.8. The van der Waals surface area contributed by atoms with Crippen LogP contribution in [0.2, 0.25) is 0 Å². The summed E-state index contributed by atoms with van der Waals surface area (Å²) in [5, 5.41) is 77.0. The average Bonchev–Trinajstić information content (AvgIpc) is 3.59. The first-order chi connectivity index (χ1) is 20.7. The van der Waals surface area contributed by atoms with Gasteiger partial charge in [-0.25, -0.2) is 0 Å². The molecule has 7 rings (SSSR count). The Morgan fingerprint density at radius 1 is 1.02 bits per heavy atom. The molecular weight excluding hydrogens is 580 g/mol. The van der Waals surface area contributed by atoms with E-state index in [2.05, 4.69) is 40.7 Å². The van der Waals surface area contributed by atoms with Crippen molar-refractivity contribution in [2.24, 2.45) is 44.8 Å². The third kappa shape index (κ3) is 3.93. The summed E-state index contributed by atoms with van der Waals surface area (Å²) in [5.41, 5.74) is -1.66. The number of hydrogen-bond acceptors (Lipinski definition) is 10. The number of aliphatic hydroxyl groups excluding tert-OH is 5. The molecule has 6 fully saturated rings. The van der Waals surface area contributed by atoms with Crippen molar-refractivity contribution in [2.45, 2.75) is 154 Å². The van der Waals surface area contributed by atoms with Crippen molar-refractivity contribution in [2.75, 3.05) is 6.61 Å². The molecule has 4 saturated carbocycles. The average molecular weight is 637 g/mol. The van der Waals surface area contributed by atoms with E-state index < -0.39 is 65.1 Å². The number of rotatable bonds is 4. The summed E-state index contributed by atoms with van der Waals surface area (Å²) in [6.07, 6.45) is -0.0345. The van der Waals surface area contributed by atoms with Crippen LogP contribution in [0.25, 0.3) is 0 Å². The molecule has 2 heterocycles. The number of ether oxygens (including phenoxy) is 3. The third-order valence-electron chi connectivity index (χ3n) is 15.0. The number of allylic oxidation sites excluding steroid dienone is 1. The zero-order valence-corrected chi connectivity index (χ0v) is 27.9. The van der Waals surface area contributed by atoms with Gasteiger partial charge in [0.15, 0.2) is 12.1 Å². The topological polar surface area (TPSA) is 169 Å². The minimum atomic E-state index is -1.85. The lowest BCUT2D eigenvalue weighted by Gasteiger charge is -2.60. The maximum atomic E-state index is 12.4. The molecule has 0 aromatic heterocycles. The fourth-order valence-electron chi connectivity index (χ4n) is 12.6. The van der Waals surface area contributed by atoms with E-state index in [0.717, 1.165) is 38.5 Å². The van der Waals surface area contributed by atoms with Crippen LogP contribution < -0.4 is 0 Å². The molecule has 16 atom stereocenters. The molecule has 256 valence electrons. The summed E-state index contributed by atoms with van der Waals surface area (Å²) in [5.74, 6) is -1.94. The number of aliphatic hydroxyl groups is 7. The van der Waals surface area contributed by atoms with Gasteiger partial charge in [-0.1, -0.05) is 46.3 Å². The Morgan fingerprint density at radius 2 is 1.71 bits per heavy atom. The van der Waals surface area contributed by atoms with Crippen molar-refractivity contribution >= 4 is 0 Å². The quantitative estimate of drug-likeness (QED) is 0.227. The Bertz CT molecular complexity index is 1250. The molecule has 2 saturated heterocycles. The van der Waals surface area contributed by atoms with Crippen LogP contribution in [-0.2, 0) is 14.2 Å². The zero-order valence-electron chi connectivity index (χ0n) is 27.9. The Kier molecular flexibility index (Phi) is 7.11. The molecule has 10 heteroatoms. The van der Waals surface area contributed by atoms with Gasteiger partial charge in [0.2, 0.25) is 0 Å². The Labute approximate surface area is 266 Å². The third-order valence-corrected chi connectivity index (χ3v) is 15.0. The number of hydrogen-bond donors (Lipinski definition) is 7. The van der Waals surface area contributed by atoms with Crippen LogP contribution in [0.3, 0.4) is 0 Å². The monoisotopic (exact) mass is 636 g/mol. The molecule has 2 aliphatic heterocycles. The SMILES string of the molecule is CC1CC(C(O)C(C)(C)O)OC2(O)C1C1(C)CCC34CC35CCC(OC3OCC(O)C(O)C3O)C(C)(C)C5CC=C4C1(C)C2O. The molecule has 0 aromatic rings. The maximum absolute atomic E-state index is 12.4. The van der Waals surface area contributed by atoms with E-state index >= 15 is 0 Å². The van der Waals surface area contributed by atoms with E-state index in [1.165, 1.54) is 19.4 Å². The molecule has 16 unspecified atom stereocenters. The van der Waals surface area contributed by atoms with E-state index in [1.54, 1.807) is 0 Å². The van der Waals surface area contributed by atoms with Gasteiger partial charge >= 0.3 is 0 Å². The highest BCUT2D eigenvalue weighted by Gasteiger charge is 2.85. The first-order valence-electron chi connectivity index (χ1n) is 17.2. The van der Waals surface area contributed by atoms with Gasteiger partial charge < -0.3 is 50.0 Å². The number of fused-ring (bicyclic) bond motifs is 4. The van der Waals surface area contributed by atoms with E-state index in [1.807, 2.05) is 0 Å². The Morgan fingerprint density at radius 3 is 2.38 bits per heavy atom. The van der Waals surface area contributed by atoms with Gasteiger partial charge in [0, 0.05) is 11.3 Å². The first-order valence-corrected chi connectivity index (χ1v) is 17.2. The molecule has 0 bridgehead atoms. The van der Waals surface area contributed by atoms with Gasteiger partial charge in [-0.2, -0.15) is 0 Å². The van der Waals surface area contributed by atoms with Gasteiger partial charge in [0.05, 0.1) is 24.4 Å². The molecular formula is C35H56O10. The van der Waals surface area contributed by atoms with Crippen molar-refractivity contribution in [3.63, 3.8) is 0 Å². The molecule has 7 aliphatic rings. The smallest absolute Gasteiger partial charge is 0.196 e. The van der Waals surface area contributed by atoms with E-state index in [-0.39, 0.29) is 40.8 Å². The second kappa shape index (κ2) is 9.73. The highest BCUT2D eigenvalue weighted by atomic mass is 16.7. The molecule has 7 N–H and O–H groups in total. The molecule has 2 spiro atoms. The molecule has 5 aliphatic carbocycles. The maximum Gasteiger partial charge on any atom is 0.196 e. The fourth-order valence-corrected chi connectivity index (χ4v) is 12.6. The predicted octanol–water partition coefficient (Wildman–Crippen LogP) is 2.00. The van der Waals surface area contributed by atoms with Crippen LogP contribution >= 0.6 is 0 Å². The highest BCUT2D eigenvalue weighted by molar-refractivity contribution is 5.47. The van der Waals surface area contributed by atoms with Crippen molar-refractivity contribution in [3.8, 4) is 0 Å². The minimum absolute atomic E-state index is 0.0365. The van der Waals surface area contributed by atoms with E-state index in [0.29, 0.717) is 12.3 Å². The van der Waals surface area contributed by atoms with Crippen LogP contribution in [0.5, 0.6) is 0 Å². The molecule has 0 amide bonds. The van der Waals surface area contributed by atoms with E-state index in [4.69, 9.17) is 14.2 Å². The molecule has 10 nitrogen and oxygen atoms in total. The van der Waals surface area contributed by atoms with Gasteiger partial charge in [-0.05, 0) is 92.3 Å². The fraction of sp³-hybridized carbons (Fsp3) is 0.943. The zero-order chi connectivity index (χ0) is 32.9. The molecule has 45 heavy (non-hydrogen) atoms. The second-order valence-corrected chi connectivity index (χ2v) is 17.8. The summed E-state index contributed by atoms with van der Waals surface area (Å²) < 4.78 is 18.4. The minimum Gasteiger partial charge on any atom is -0.388 e. The highest BCUT2D eigenvalue weighted by Crippen LogP contribution is 2.88. The Hall–Kier alpha value is -0.660. The van der Waals surface area contributed by atoms with Crippen LogP contribution in [0.1, 0.15) is 93.4 Å². The van der Waals surface area contributed by atoms with Crippen LogP contribution in [0.15, 0.2) is 11.6 Å². The van der Waals surface area contributed by atoms with Crippen molar-refractivity contribution < 1.29 is 50.0 Å². The van der Waals surface area contributed by atoms with Crippen molar-refractivity contribution in [1.29, 1.82) is 0 Å². The van der Waals surface area contributed by atoms with Gasteiger partial charge in [0.1, 0.15) is 30.5 Å². The Balaban J connectivity index is 1.20. The van der Waals surface area contributed by atoms with Gasteiger partial charge in [-0.15, -0.1) is 0 Å². The predicted molar refractivity (Wildman–Crippen MR) is 162 cm³/mol. The molecule has 0 aromatic carbocycles. The standard InChI is InChI=1S/C35H56O10/c1-17-14-19(26(39)30(4,5)41)45-35(42)25(17)31(6)12-13-34-16-33(34)11-10-22(44-27-24(38)23(37)18(36)15-43-27)29(2,3)20(33)8-9-21(34)32(31,7)28(35)40/h9,17-20,22-28,36-42H,8,10-16H2,1-7H3. The largest absolute Gasteiger partial charge is 0.388 e. The summed E-state index contributed by atoms with van der Waals surface area (Å²) in [6, 6.07) is 0. The first kappa shape index (κ1) is 32.9. The van der Waals surface area contributed by atoms with Crippen LogP contribution in [0.4, 0.5) is 0 Å². The van der Waals surface area contributed by atoms with Gasteiger partial charge in [0.25, 0.3) is 0 Å². The van der Waals surface area contributed by atoms with Gasteiger partial charge in [-0.3, -0.25) is 0 Å². The van der Waals surface area contributed by atoms with Crippen LogP contribution in [0, 0.1) is 44.8 Å². The summed E-state index contributed by atoms with van der Waals surface area (Å²) in [6.45, 7) is 13.9. The van der Waals surface area contributed by atoms with E-state index in [9.17, 15) is 35.7 Å². The lowest BCUT2D eigenvalue weighted by Crippen LogP contribution is -2.60. The lowest BCUT2D eigenvalue weighted by atomic mass is 9.44. The van der Waals surface area contributed by atoms with Crippen molar-refractivity contribution in [1.82, 2.24) is 0 Å². The summed E-state index contributed by atoms with van der Waals surface area (Å²) in [4.78, 5) is 0. The molecule has 0 radical (unpaired) electrons. The normalized spacial score (nSPS) is 57.4. The lowest BCUT2D eigenvalue weighted by molar-refractivity contribution is -0.340. The van der Waals surface area contributed by atoms with Crippen molar-refractivity contribution in [3.05, 3.63) is 11.6 Å². The summed E-state index contributed by atoms with van der Waals surface area (Å²) in [7, 11) is 0. The van der Waals surface area contributed by atoms with Crippen LogP contribution in [-0.4, -0.2) is 103 Å².